The predicted octanol–water partition coefficient (Wildman–Crippen LogP) is 3.70. The van der Waals surface area contributed by atoms with Crippen molar-refractivity contribution in [2.24, 2.45) is 5.10 Å². The Bertz CT molecular complexity index is 799. The highest BCUT2D eigenvalue weighted by molar-refractivity contribution is 6.42. The minimum absolute atomic E-state index is 0.375. The quantitative estimate of drug-likeness (QED) is 0.495. The number of benzene rings is 2. The number of anilines is 1. The third-order valence-corrected chi connectivity index (χ3v) is 3.75. The number of amides is 2. The van der Waals surface area contributed by atoms with Gasteiger partial charge >= 0.3 is 11.8 Å². The normalized spacial score (nSPS) is 10.7. The minimum atomic E-state index is -0.870. The van der Waals surface area contributed by atoms with Gasteiger partial charge in [-0.25, -0.2) is 5.43 Å². The second-order valence-electron chi connectivity index (χ2n) is 5.20. The van der Waals surface area contributed by atoms with Gasteiger partial charge in [-0.15, -0.1) is 0 Å². The Morgan fingerprint density at radius 1 is 0.958 bits per heavy atom. The molecule has 0 aliphatic heterocycles. The van der Waals surface area contributed by atoms with E-state index in [9.17, 15) is 9.59 Å². The second-order valence-corrected chi connectivity index (χ2v) is 6.02. The number of aryl methyl sites for hydroxylation is 2. The van der Waals surface area contributed by atoms with Crippen molar-refractivity contribution in [3.8, 4) is 0 Å². The first-order chi connectivity index (χ1) is 11.3. The summed E-state index contributed by atoms with van der Waals surface area (Å²) in [4.78, 5) is 23.6. The summed E-state index contributed by atoms with van der Waals surface area (Å²) in [6, 6.07) is 10.4. The summed E-state index contributed by atoms with van der Waals surface area (Å²) >= 11 is 11.7. The van der Waals surface area contributed by atoms with Crippen LogP contribution in [-0.4, -0.2) is 18.0 Å². The summed E-state index contributed by atoms with van der Waals surface area (Å²) in [6.45, 7) is 3.81. The van der Waals surface area contributed by atoms with Gasteiger partial charge in [-0.3, -0.25) is 9.59 Å². The lowest BCUT2D eigenvalue weighted by atomic mass is 10.1. The van der Waals surface area contributed by atoms with Crippen molar-refractivity contribution in [3.05, 3.63) is 63.1 Å². The summed E-state index contributed by atoms with van der Waals surface area (Å²) in [7, 11) is 0. The van der Waals surface area contributed by atoms with Crippen LogP contribution in [0.15, 0.2) is 41.5 Å². The zero-order valence-electron chi connectivity index (χ0n) is 13.1. The molecule has 2 rings (SSSR count). The highest BCUT2D eigenvalue weighted by Crippen LogP contribution is 2.21. The second kappa shape index (κ2) is 7.95. The maximum Gasteiger partial charge on any atom is 0.329 e. The zero-order valence-corrected chi connectivity index (χ0v) is 14.6. The van der Waals surface area contributed by atoms with Gasteiger partial charge in [-0.2, -0.15) is 5.10 Å². The van der Waals surface area contributed by atoms with E-state index in [1.54, 1.807) is 30.3 Å². The molecule has 0 fully saturated rings. The number of hydrogen-bond donors (Lipinski definition) is 2. The molecule has 0 aliphatic rings. The van der Waals surface area contributed by atoms with Gasteiger partial charge in [0, 0.05) is 5.69 Å². The molecule has 0 aliphatic carbocycles. The number of rotatable bonds is 3. The van der Waals surface area contributed by atoms with Crippen LogP contribution < -0.4 is 10.7 Å². The Kier molecular flexibility index (Phi) is 5.95. The standard InChI is InChI=1S/C17H15Cl2N3O2/c1-10-5-11(2)7-13(6-10)21-16(23)17(24)22-20-9-12-3-4-14(18)15(19)8-12/h3-9H,1-2H3,(H,21,23)(H,22,24)/b20-9-. The van der Waals surface area contributed by atoms with Crippen LogP contribution in [0.25, 0.3) is 0 Å². The topological polar surface area (TPSA) is 70.6 Å². The van der Waals surface area contributed by atoms with E-state index in [1.165, 1.54) is 6.21 Å². The van der Waals surface area contributed by atoms with Gasteiger partial charge in [0.25, 0.3) is 0 Å². The van der Waals surface area contributed by atoms with Crippen molar-refractivity contribution in [1.29, 1.82) is 0 Å². The van der Waals surface area contributed by atoms with E-state index < -0.39 is 11.8 Å². The maximum absolute atomic E-state index is 11.8. The SMILES string of the molecule is Cc1cc(C)cc(NC(=O)C(=O)N/N=C\c2ccc(Cl)c(Cl)c2)c1. The molecule has 0 spiro atoms. The van der Waals surface area contributed by atoms with Crippen molar-refractivity contribution in [2.75, 3.05) is 5.32 Å². The van der Waals surface area contributed by atoms with Crippen LogP contribution in [-0.2, 0) is 9.59 Å². The highest BCUT2D eigenvalue weighted by Gasteiger charge is 2.13. The molecule has 2 amide bonds. The summed E-state index contributed by atoms with van der Waals surface area (Å²) < 4.78 is 0. The van der Waals surface area contributed by atoms with Crippen LogP contribution in [0, 0.1) is 13.8 Å². The van der Waals surface area contributed by atoms with E-state index >= 15 is 0 Å². The summed E-state index contributed by atoms with van der Waals surface area (Å²) in [6.07, 6.45) is 1.37. The van der Waals surface area contributed by atoms with E-state index in [4.69, 9.17) is 23.2 Å². The largest absolute Gasteiger partial charge is 0.329 e. The van der Waals surface area contributed by atoms with Crippen molar-refractivity contribution >= 4 is 46.9 Å². The summed E-state index contributed by atoms with van der Waals surface area (Å²) in [5.74, 6) is -1.67. The van der Waals surface area contributed by atoms with E-state index in [0.717, 1.165) is 11.1 Å². The number of hydrazone groups is 1. The van der Waals surface area contributed by atoms with Crippen LogP contribution in [0.5, 0.6) is 0 Å². The summed E-state index contributed by atoms with van der Waals surface area (Å²) in [5.41, 5.74) is 5.33. The fraction of sp³-hybridized carbons (Fsp3) is 0.118. The Morgan fingerprint density at radius 3 is 2.25 bits per heavy atom. The Balaban J connectivity index is 1.95. The van der Waals surface area contributed by atoms with Crippen LogP contribution in [0.1, 0.15) is 16.7 Å². The first-order valence-corrected chi connectivity index (χ1v) is 7.78. The molecular formula is C17H15Cl2N3O2. The molecule has 24 heavy (non-hydrogen) atoms. The first-order valence-electron chi connectivity index (χ1n) is 7.03. The lowest BCUT2D eigenvalue weighted by molar-refractivity contribution is -0.136. The van der Waals surface area contributed by atoms with E-state index in [0.29, 0.717) is 21.3 Å². The number of carbonyl (C=O) groups is 2. The average Bonchev–Trinajstić information content (AvgIpc) is 2.49. The van der Waals surface area contributed by atoms with Crippen LogP contribution in [0.3, 0.4) is 0 Å². The Labute approximate surface area is 149 Å². The van der Waals surface area contributed by atoms with Crippen LogP contribution >= 0.6 is 23.2 Å². The molecule has 0 saturated heterocycles. The molecule has 7 heteroatoms. The first kappa shape index (κ1) is 18.0. The van der Waals surface area contributed by atoms with Gasteiger partial charge in [0.15, 0.2) is 0 Å². The maximum atomic E-state index is 11.8. The van der Waals surface area contributed by atoms with Gasteiger partial charge in [-0.05, 0) is 54.8 Å². The lowest BCUT2D eigenvalue weighted by Crippen LogP contribution is -2.32. The Hall–Kier alpha value is -2.37. The molecule has 0 radical (unpaired) electrons. The molecule has 0 aromatic heterocycles. The molecule has 2 aromatic rings. The van der Waals surface area contributed by atoms with Gasteiger partial charge in [0.1, 0.15) is 0 Å². The van der Waals surface area contributed by atoms with Crippen LogP contribution in [0.4, 0.5) is 5.69 Å². The third kappa shape index (κ3) is 5.08. The van der Waals surface area contributed by atoms with E-state index in [2.05, 4.69) is 15.8 Å². The molecule has 2 aromatic carbocycles. The van der Waals surface area contributed by atoms with Gasteiger partial charge in [0.2, 0.25) is 0 Å². The van der Waals surface area contributed by atoms with Gasteiger partial charge in [0.05, 0.1) is 16.3 Å². The molecular weight excluding hydrogens is 349 g/mol. The molecule has 0 unspecified atom stereocenters. The summed E-state index contributed by atoms with van der Waals surface area (Å²) in [5, 5.41) is 7.04. The third-order valence-electron chi connectivity index (χ3n) is 3.01. The number of hydrogen-bond acceptors (Lipinski definition) is 3. The van der Waals surface area contributed by atoms with Crippen molar-refractivity contribution in [2.45, 2.75) is 13.8 Å². The molecule has 0 bridgehead atoms. The zero-order chi connectivity index (χ0) is 17.7. The number of nitrogens with one attached hydrogen (secondary N) is 2. The van der Waals surface area contributed by atoms with Crippen molar-refractivity contribution in [1.82, 2.24) is 5.43 Å². The fourth-order valence-corrected chi connectivity index (χ4v) is 2.35. The molecule has 0 heterocycles. The number of halogens is 2. The molecule has 5 nitrogen and oxygen atoms in total. The highest BCUT2D eigenvalue weighted by atomic mass is 35.5. The minimum Gasteiger partial charge on any atom is -0.318 e. The fourth-order valence-electron chi connectivity index (χ4n) is 2.04. The van der Waals surface area contributed by atoms with Crippen LogP contribution in [0.2, 0.25) is 10.0 Å². The van der Waals surface area contributed by atoms with Gasteiger partial charge < -0.3 is 5.32 Å². The monoisotopic (exact) mass is 363 g/mol. The van der Waals surface area contributed by atoms with Gasteiger partial charge in [-0.1, -0.05) is 35.3 Å². The molecule has 2 N–H and O–H groups in total. The lowest BCUT2D eigenvalue weighted by Gasteiger charge is -2.06. The number of carbonyl (C=O) groups excluding carboxylic acids is 2. The molecule has 0 atom stereocenters. The smallest absolute Gasteiger partial charge is 0.318 e. The number of nitrogens with zero attached hydrogens (tertiary/aromatic N) is 1. The van der Waals surface area contributed by atoms with E-state index in [1.807, 2.05) is 19.9 Å². The van der Waals surface area contributed by atoms with Crippen molar-refractivity contribution < 1.29 is 9.59 Å². The average molecular weight is 364 g/mol. The molecule has 124 valence electrons. The van der Waals surface area contributed by atoms with E-state index in [-0.39, 0.29) is 0 Å². The van der Waals surface area contributed by atoms with Crippen molar-refractivity contribution in [3.63, 3.8) is 0 Å². The predicted molar refractivity (Wildman–Crippen MR) is 96.7 cm³/mol. The Morgan fingerprint density at radius 2 is 1.62 bits per heavy atom. The molecule has 0 saturated carbocycles.